The van der Waals surface area contributed by atoms with Gasteiger partial charge in [0.1, 0.15) is 19.3 Å². The maximum atomic E-state index is 13.1. The van der Waals surface area contributed by atoms with E-state index in [1.165, 1.54) is 250 Å². The topological polar surface area (TPSA) is 237 Å². The van der Waals surface area contributed by atoms with E-state index in [9.17, 15) is 43.2 Å². The highest BCUT2D eigenvalue weighted by Gasteiger charge is 2.30. The molecule has 103 heavy (non-hydrogen) atoms. The maximum absolute atomic E-state index is 13.1. The lowest BCUT2D eigenvalue weighted by atomic mass is 9.99. The molecule has 0 aliphatic rings. The fourth-order valence-corrected chi connectivity index (χ4v) is 14.6. The quantitative estimate of drug-likeness (QED) is 0.0222. The molecule has 0 aliphatic carbocycles. The number of carbonyl (C=O) groups excluding carboxylic acids is 4. The third-order valence-electron chi connectivity index (χ3n) is 20.4. The Labute approximate surface area is 632 Å². The first-order valence-corrected chi connectivity index (χ1v) is 46.6. The van der Waals surface area contributed by atoms with Crippen LogP contribution in [0, 0.1) is 11.8 Å². The average molecular weight is 1510 g/mol. The zero-order chi connectivity index (χ0) is 75.6. The fraction of sp³-hybridized carbons (Fsp3) is 0.952. The maximum Gasteiger partial charge on any atom is 0.472 e. The molecule has 3 N–H and O–H groups in total. The lowest BCUT2D eigenvalue weighted by Gasteiger charge is -2.21. The van der Waals surface area contributed by atoms with Crippen LogP contribution in [0.4, 0.5) is 0 Å². The van der Waals surface area contributed by atoms with Crippen LogP contribution in [0.3, 0.4) is 0 Å². The van der Waals surface area contributed by atoms with E-state index < -0.39 is 97.5 Å². The number of aliphatic hydroxyl groups is 1. The second kappa shape index (κ2) is 75.5. The van der Waals surface area contributed by atoms with Gasteiger partial charge < -0.3 is 33.8 Å². The number of carbonyl (C=O) groups is 4. The van der Waals surface area contributed by atoms with Crippen molar-refractivity contribution in [1.29, 1.82) is 0 Å². The number of phosphoric acid groups is 2. The van der Waals surface area contributed by atoms with Crippen LogP contribution in [-0.2, 0) is 65.4 Å². The molecule has 0 spiro atoms. The Balaban J connectivity index is 5.14. The number of esters is 4. The number of rotatable bonds is 83. The first-order chi connectivity index (χ1) is 49.9. The molecule has 0 radical (unpaired) electrons. The highest BCUT2D eigenvalue weighted by Crippen LogP contribution is 2.45. The zero-order valence-electron chi connectivity index (χ0n) is 67.6. The standard InChI is InChI=1S/C84H164O17P2/c1-7-11-13-15-17-18-19-38-44-50-56-62-68-83(88)100-79(72-94-81(86)66-60-54-46-16-14-12-8-2)74-98-102(90,91)96-70-78(85)71-97-103(92,93)99-75-80(101-84(89)69-63-57-51-45-40-35-31-27-23-21-25-29-33-37-42-48-53-59-65-77(6)10-4)73-95-82(87)67-61-55-49-43-39-34-30-26-22-20-24-28-32-36-41-47-52-58-64-76(5)9-3/h76-80,85H,7-75H2,1-6H3,(H,90,91)(H,92,93)/t76?,77?,78-,79+,80+/m0/s1. The molecule has 0 aromatic heterocycles. The van der Waals surface area contributed by atoms with Crippen molar-refractivity contribution in [3.05, 3.63) is 0 Å². The van der Waals surface area contributed by atoms with Crippen LogP contribution >= 0.6 is 15.6 Å². The minimum absolute atomic E-state index is 0.107. The number of unbranched alkanes of at least 4 members (excludes halogenated alkanes) is 51. The molecule has 4 unspecified atom stereocenters. The molecule has 0 saturated heterocycles. The van der Waals surface area contributed by atoms with Crippen LogP contribution in [0.5, 0.6) is 0 Å². The van der Waals surface area contributed by atoms with Crippen LogP contribution in [0.1, 0.15) is 446 Å². The van der Waals surface area contributed by atoms with E-state index in [0.29, 0.717) is 25.7 Å². The van der Waals surface area contributed by atoms with Crippen LogP contribution in [0.15, 0.2) is 0 Å². The van der Waals surface area contributed by atoms with Crippen molar-refractivity contribution < 1.29 is 80.2 Å². The summed E-state index contributed by atoms with van der Waals surface area (Å²) in [5.74, 6) is -0.365. The molecule has 0 fully saturated rings. The predicted molar refractivity (Wildman–Crippen MR) is 423 cm³/mol. The molecule has 0 aromatic rings. The molecule has 17 nitrogen and oxygen atoms in total. The molecular weight excluding hydrogens is 1340 g/mol. The van der Waals surface area contributed by atoms with Crippen molar-refractivity contribution in [3.8, 4) is 0 Å². The number of aliphatic hydroxyl groups excluding tert-OH is 1. The van der Waals surface area contributed by atoms with Crippen molar-refractivity contribution in [2.24, 2.45) is 11.8 Å². The summed E-state index contributed by atoms with van der Waals surface area (Å²) >= 11 is 0. The SMILES string of the molecule is CCCCCCCCCCCCCCC(=O)O[C@H](COC(=O)CCCCCCCCC)COP(=O)(O)OC[C@H](O)COP(=O)(O)OC[C@@H](COC(=O)CCCCCCCCCCCCCCCCCCCCC(C)CC)OC(=O)CCCCCCCCCCCCCCCCCCCCC(C)CC. The van der Waals surface area contributed by atoms with Crippen LogP contribution < -0.4 is 0 Å². The summed E-state index contributed by atoms with van der Waals surface area (Å²) in [6.45, 7) is 9.74. The van der Waals surface area contributed by atoms with Gasteiger partial charge in [-0.25, -0.2) is 9.13 Å². The second-order valence-corrected chi connectivity index (χ2v) is 33.6. The number of ether oxygens (including phenoxy) is 4. The van der Waals surface area contributed by atoms with Gasteiger partial charge in [-0.15, -0.1) is 0 Å². The Kier molecular flexibility index (Phi) is 74.1. The van der Waals surface area contributed by atoms with E-state index in [1.807, 2.05) is 0 Å². The minimum atomic E-state index is -4.96. The molecule has 0 aromatic carbocycles. The van der Waals surface area contributed by atoms with Crippen molar-refractivity contribution in [2.75, 3.05) is 39.6 Å². The molecule has 0 saturated carbocycles. The molecular formula is C84H164O17P2. The fourth-order valence-electron chi connectivity index (χ4n) is 13.0. The molecule has 0 amide bonds. The number of hydrogen-bond acceptors (Lipinski definition) is 15. The summed E-state index contributed by atoms with van der Waals surface area (Å²) in [6, 6.07) is 0. The van der Waals surface area contributed by atoms with Gasteiger partial charge in [-0.2, -0.15) is 0 Å². The Hall–Kier alpha value is -1.94. The van der Waals surface area contributed by atoms with Crippen molar-refractivity contribution >= 4 is 39.5 Å². The molecule has 0 aliphatic heterocycles. The molecule has 0 rings (SSSR count). The summed E-state index contributed by atoms with van der Waals surface area (Å²) in [7, 11) is -9.91. The lowest BCUT2D eigenvalue weighted by Crippen LogP contribution is -2.30. The van der Waals surface area contributed by atoms with Crippen molar-refractivity contribution in [2.45, 2.75) is 464 Å². The number of hydrogen-bond donors (Lipinski definition) is 3. The normalized spacial score (nSPS) is 14.4. The molecule has 19 heteroatoms. The van der Waals surface area contributed by atoms with Gasteiger partial charge in [0, 0.05) is 25.7 Å². The smallest absolute Gasteiger partial charge is 0.462 e. The lowest BCUT2D eigenvalue weighted by molar-refractivity contribution is -0.161. The van der Waals surface area contributed by atoms with Gasteiger partial charge in [-0.05, 0) is 37.5 Å². The van der Waals surface area contributed by atoms with Crippen LogP contribution in [0.2, 0.25) is 0 Å². The highest BCUT2D eigenvalue weighted by atomic mass is 31.2. The largest absolute Gasteiger partial charge is 0.472 e. The minimum Gasteiger partial charge on any atom is -0.462 e. The monoisotopic (exact) mass is 1510 g/mol. The summed E-state index contributed by atoms with van der Waals surface area (Å²) in [4.78, 5) is 72.9. The summed E-state index contributed by atoms with van der Waals surface area (Å²) < 4.78 is 68.6. The van der Waals surface area contributed by atoms with E-state index in [0.717, 1.165) is 115 Å². The van der Waals surface area contributed by atoms with Gasteiger partial charge in [-0.1, -0.05) is 395 Å². The Morgan fingerprint density at radius 3 is 0.689 bits per heavy atom. The number of phosphoric ester groups is 2. The van der Waals surface area contributed by atoms with E-state index in [1.54, 1.807) is 0 Å². The first kappa shape index (κ1) is 101. The highest BCUT2D eigenvalue weighted by molar-refractivity contribution is 7.47. The Bertz CT molecular complexity index is 1980. The van der Waals surface area contributed by atoms with Crippen LogP contribution in [-0.4, -0.2) is 96.7 Å². The molecule has 0 bridgehead atoms. The summed E-state index contributed by atoms with van der Waals surface area (Å²) in [6.07, 6.45) is 66.8. The van der Waals surface area contributed by atoms with Crippen molar-refractivity contribution in [1.82, 2.24) is 0 Å². The van der Waals surface area contributed by atoms with Gasteiger partial charge in [-0.3, -0.25) is 37.3 Å². The predicted octanol–water partition coefficient (Wildman–Crippen LogP) is 25.5. The first-order valence-electron chi connectivity index (χ1n) is 43.6. The molecule has 7 atom stereocenters. The van der Waals surface area contributed by atoms with Gasteiger partial charge >= 0.3 is 39.5 Å². The molecule has 0 heterocycles. The van der Waals surface area contributed by atoms with Gasteiger partial charge in [0.15, 0.2) is 12.2 Å². The van der Waals surface area contributed by atoms with Gasteiger partial charge in [0.2, 0.25) is 0 Å². The second-order valence-electron chi connectivity index (χ2n) is 30.7. The van der Waals surface area contributed by atoms with E-state index in [-0.39, 0.29) is 25.7 Å². The van der Waals surface area contributed by atoms with Crippen molar-refractivity contribution in [3.63, 3.8) is 0 Å². The van der Waals surface area contributed by atoms with E-state index in [2.05, 4.69) is 41.5 Å². The van der Waals surface area contributed by atoms with Gasteiger partial charge in [0.25, 0.3) is 0 Å². The summed E-state index contributed by atoms with van der Waals surface area (Å²) in [5.41, 5.74) is 0. The molecule has 612 valence electrons. The van der Waals surface area contributed by atoms with Crippen LogP contribution in [0.25, 0.3) is 0 Å². The summed E-state index contributed by atoms with van der Waals surface area (Å²) in [5, 5.41) is 10.6. The third-order valence-corrected chi connectivity index (χ3v) is 22.3. The van der Waals surface area contributed by atoms with E-state index in [4.69, 9.17) is 37.0 Å². The van der Waals surface area contributed by atoms with E-state index >= 15 is 0 Å². The Morgan fingerprint density at radius 1 is 0.272 bits per heavy atom. The zero-order valence-corrected chi connectivity index (χ0v) is 69.4. The Morgan fingerprint density at radius 2 is 0.466 bits per heavy atom. The van der Waals surface area contributed by atoms with Gasteiger partial charge in [0.05, 0.1) is 26.4 Å². The third kappa shape index (κ3) is 75.3. The average Bonchev–Trinajstić information content (AvgIpc) is 0.917.